The molecule has 0 bridgehead atoms. The third kappa shape index (κ3) is 4.38. The van der Waals surface area contributed by atoms with E-state index in [0.29, 0.717) is 0 Å². The molecule has 0 saturated carbocycles. The summed E-state index contributed by atoms with van der Waals surface area (Å²) in [5.41, 5.74) is 1.47. The van der Waals surface area contributed by atoms with Crippen LogP contribution in [0.5, 0.6) is 0 Å². The summed E-state index contributed by atoms with van der Waals surface area (Å²) in [4.78, 5) is 2.68. The Morgan fingerprint density at radius 1 is 1.39 bits per heavy atom. The molecule has 1 N–H and O–H groups in total. The number of hydrogen-bond acceptors (Lipinski definition) is 3. The number of thiophene rings is 1. The number of rotatable bonds is 7. The lowest BCUT2D eigenvalue weighted by Gasteiger charge is -2.35. The van der Waals surface area contributed by atoms with E-state index < -0.39 is 0 Å². The van der Waals surface area contributed by atoms with E-state index in [4.69, 9.17) is 0 Å². The fourth-order valence-electron chi connectivity index (χ4n) is 2.83. The molecule has 0 aliphatic carbocycles. The molecule has 0 aromatic carbocycles. The first kappa shape index (κ1) is 14.0. The molecule has 2 heterocycles. The van der Waals surface area contributed by atoms with E-state index in [1.807, 2.05) is 0 Å². The standard InChI is InChI=1S/C15H26N2S/c1-2-15-5-3-4-10-17(15)11-9-16-8-6-14-7-12-18-13-14/h7,12-13,15-16H,2-6,8-11H2,1H3. The van der Waals surface area contributed by atoms with Crippen molar-refractivity contribution in [3.05, 3.63) is 22.4 Å². The Balaban J connectivity index is 1.57. The lowest BCUT2D eigenvalue weighted by Crippen LogP contribution is -2.42. The van der Waals surface area contributed by atoms with Gasteiger partial charge in [-0.1, -0.05) is 13.3 Å². The molecule has 0 radical (unpaired) electrons. The van der Waals surface area contributed by atoms with Crippen molar-refractivity contribution >= 4 is 11.3 Å². The molecule has 1 saturated heterocycles. The van der Waals surface area contributed by atoms with E-state index in [0.717, 1.165) is 19.1 Å². The lowest BCUT2D eigenvalue weighted by molar-refractivity contribution is 0.145. The van der Waals surface area contributed by atoms with Gasteiger partial charge in [0, 0.05) is 19.1 Å². The monoisotopic (exact) mass is 266 g/mol. The van der Waals surface area contributed by atoms with Crippen molar-refractivity contribution in [2.45, 2.75) is 45.1 Å². The molecule has 1 aliphatic rings. The molecule has 1 aliphatic heterocycles. The predicted molar refractivity (Wildman–Crippen MR) is 80.4 cm³/mol. The number of nitrogens with zero attached hydrogens (tertiary/aromatic N) is 1. The summed E-state index contributed by atoms with van der Waals surface area (Å²) < 4.78 is 0. The van der Waals surface area contributed by atoms with Crippen LogP contribution in [0.2, 0.25) is 0 Å². The SMILES string of the molecule is CCC1CCCCN1CCNCCc1ccsc1. The van der Waals surface area contributed by atoms with E-state index >= 15 is 0 Å². The van der Waals surface area contributed by atoms with Crippen molar-refractivity contribution in [3.63, 3.8) is 0 Å². The molecule has 1 fully saturated rings. The van der Waals surface area contributed by atoms with Crippen molar-refractivity contribution in [2.24, 2.45) is 0 Å². The van der Waals surface area contributed by atoms with Crippen molar-refractivity contribution in [1.29, 1.82) is 0 Å². The van der Waals surface area contributed by atoms with Gasteiger partial charge in [-0.3, -0.25) is 4.90 Å². The summed E-state index contributed by atoms with van der Waals surface area (Å²) in [6.07, 6.45) is 6.72. The van der Waals surface area contributed by atoms with Crippen LogP contribution in [-0.4, -0.2) is 37.1 Å². The number of likely N-dealkylation sites (tertiary alicyclic amines) is 1. The minimum atomic E-state index is 0.845. The fraction of sp³-hybridized carbons (Fsp3) is 0.733. The Morgan fingerprint density at radius 3 is 3.11 bits per heavy atom. The van der Waals surface area contributed by atoms with Crippen molar-refractivity contribution in [1.82, 2.24) is 10.2 Å². The highest BCUT2D eigenvalue weighted by Gasteiger charge is 2.19. The number of hydrogen-bond donors (Lipinski definition) is 1. The molecule has 102 valence electrons. The second-order valence-electron chi connectivity index (χ2n) is 5.23. The van der Waals surface area contributed by atoms with Crippen LogP contribution in [0.15, 0.2) is 16.8 Å². The molecule has 2 rings (SSSR count). The van der Waals surface area contributed by atoms with Gasteiger partial charge in [-0.05, 0) is 61.2 Å². The van der Waals surface area contributed by atoms with Crippen molar-refractivity contribution in [2.75, 3.05) is 26.2 Å². The molecule has 3 heteroatoms. The summed E-state index contributed by atoms with van der Waals surface area (Å²) in [5.74, 6) is 0. The third-order valence-corrected chi connectivity index (χ3v) is 4.70. The Bertz CT molecular complexity index is 310. The van der Waals surface area contributed by atoms with E-state index in [-0.39, 0.29) is 0 Å². The van der Waals surface area contributed by atoms with E-state index in [9.17, 15) is 0 Å². The highest BCUT2D eigenvalue weighted by molar-refractivity contribution is 7.07. The highest BCUT2D eigenvalue weighted by Crippen LogP contribution is 2.18. The van der Waals surface area contributed by atoms with Crippen molar-refractivity contribution < 1.29 is 0 Å². The van der Waals surface area contributed by atoms with Gasteiger partial charge in [0.1, 0.15) is 0 Å². The maximum Gasteiger partial charge on any atom is 0.0110 e. The zero-order valence-electron chi connectivity index (χ0n) is 11.5. The maximum atomic E-state index is 3.58. The predicted octanol–water partition coefficient (Wildman–Crippen LogP) is 3.14. The van der Waals surface area contributed by atoms with Crippen LogP contribution in [0, 0.1) is 0 Å². The van der Waals surface area contributed by atoms with E-state index in [1.165, 1.54) is 50.8 Å². The summed E-state index contributed by atoms with van der Waals surface area (Å²) in [6, 6.07) is 3.07. The van der Waals surface area contributed by atoms with Gasteiger partial charge in [-0.2, -0.15) is 11.3 Å². The summed E-state index contributed by atoms with van der Waals surface area (Å²) in [7, 11) is 0. The molecule has 1 atom stereocenters. The first-order valence-corrected chi connectivity index (χ1v) is 8.30. The minimum absolute atomic E-state index is 0.845. The van der Waals surface area contributed by atoms with Gasteiger partial charge in [0.05, 0.1) is 0 Å². The van der Waals surface area contributed by atoms with Crippen molar-refractivity contribution in [3.8, 4) is 0 Å². The molecule has 1 unspecified atom stereocenters. The van der Waals surface area contributed by atoms with Gasteiger partial charge >= 0.3 is 0 Å². The second-order valence-corrected chi connectivity index (χ2v) is 6.01. The third-order valence-electron chi connectivity index (χ3n) is 3.97. The van der Waals surface area contributed by atoms with Crippen LogP contribution >= 0.6 is 11.3 Å². The number of piperidine rings is 1. The van der Waals surface area contributed by atoms with Crippen LogP contribution in [-0.2, 0) is 6.42 Å². The van der Waals surface area contributed by atoms with Gasteiger partial charge in [-0.15, -0.1) is 0 Å². The van der Waals surface area contributed by atoms with E-state index in [2.05, 4.69) is 34.0 Å². The Kier molecular flexibility index (Phi) is 6.18. The molecule has 2 nitrogen and oxygen atoms in total. The smallest absolute Gasteiger partial charge is 0.0110 e. The summed E-state index contributed by atoms with van der Waals surface area (Å²) in [6.45, 7) is 7.11. The number of nitrogens with one attached hydrogen (secondary N) is 1. The topological polar surface area (TPSA) is 15.3 Å². The Morgan fingerprint density at radius 2 is 2.33 bits per heavy atom. The van der Waals surface area contributed by atoms with Crippen LogP contribution in [0.3, 0.4) is 0 Å². The zero-order valence-corrected chi connectivity index (χ0v) is 12.3. The molecule has 1 aromatic heterocycles. The molecular weight excluding hydrogens is 240 g/mol. The zero-order chi connectivity index (χ0) is 12.6. The second kappa shape index (κ2) is 7.93. The van der Waals surface area contributed by atoms with Gasteiger partial charge in [0.15, 0.2) is 0 Å². The molecule has 18 heavy (non-hydrogen) atoms. The quantitative estimate of drug-likeness (QED) is 0.763. The summed E-state index contributed by atoms with van der Waals surface area (Å²) in [5, 5.41) is 7.99. The first-order chi connectivity index (χ1) is 8.90. The molecular formula is C15H26N2S. The van der Waals surface area contributed by atoms with Gasteiger partial charge in [0.25, 0.3) is 0 Å². The van der Waals surface area contributed by atoms with E-state index in [1.54, 1.807) is 11.3 Å². The van der Waals surface area contributed by atoms with Gasteiger partial charge in [0.2, 0.25) is 0 Å². The Hall–Kier alpha value is -0.380. The largest absolute Gasteiger partial charge is 0.315 e. The minimum Gasteiger partial charge on any atom is -0.315 e. The molecule has 0 amide bonds. The molecule has 1 aromatic rings. The van der Waals surface area contributed by atoms with Crippen LogP contribution in [0.1, 0.15) is 38.2 Å². The van der Waals surface area contributed by atoms with Crippen LogP contribution in [0.25, 0.3) is 0 Å². The lowest BCUT2D eigenvalue weighted by atomic mass is 10.0. The fourth-order valence-corrected chi connectivity index (χ4v) is 3.54. The highest BCUT2D eigenvalue weighted by atomic mass is 32.1. The van der Waals surface area contributed by atoms with Gasteiger partial charge < -0.3 is 5.32 Å². The van der Waals surface area contributed by atoms with Gasteiger partial charge in [-0.25, -0.2) is 0 Å². The average Bonchev–Trinajstić information content (AvgIpc) is 2.92. The maximum absolute atomic E-state index is 3.58. The van der Waals surface area contributed by atoms with Crippen LogP contribution in [0.4, 0.5) is 0 Å². The average molecular weight is 266 g/mol. The molecule has 0 spiro atoms. The summed E-state index contributed by atoms with van der Waals surface area (Å²) >= 11 is 1.79. The Labute approximate surface area is 115 Å². The first-order valence-electron chi connectivity index (χ1n) is 7.36. The van der Waals surface area contributed by atoms with Crippen LogP contribution < -0.4 is 5.32 Å². The normalized spacial score (nSPS) is 21.3.